The van der Waals surface area contributed by atoms with Gasteiger partial charge < -0.3 is 9.47 Å². The summed E-state index contributed by atoms with van der Waals surface area (Å²) in [7, 11) is 2.03. The van der Waals surface area contributed by atoms with Crippen molar-refractivity contribution in [2.24, 2.45) is 13.0 Å². The lowest BCUT2D eigenvalue weighted by molar-refractivity contribution is 0.0763. The Labute approximate surface area is 163 Å². The number of rotatable bonds is 3. The van der Waals surface area contributed by atoms with Gasteiger partial charge in [-0.25, -0.2) is 14.5 Å². The molecule has 0 radical (unpaired) electrons. The molecule has 0 saturated carbocycles. The number of imidazole rings is 1. The van der Waals surface area contributed by atoms with Crippen LogP contribution in [0.1, 0.15) is 34.1 Å². The van der Waals surface area contributed by atoms with Gasteiger partial charge in [-0.1, -0.05) is 0 Å². The third kappa shape index (κ3) is 2.79. The zero-order valence-corrected chi connectivity index (χ0v) is 16.5. The molecule has 3 aromatic rings. The van der Waals surface area contributed by atoms with Gasteiger partial charge in [0.25, 0.3) is 5.91 Å². The van der Waals surface area contributed by atoms with Gasteiger partial charge in [-0.05, 0) is 38.8 Å². The molecule has 0 aliphatic carbocycles. The van der Waals surface area contributed by atoms with E-state index in [9.17, 15) is 4.79 Å². The van der Waals surface area contributed by atoms with E-state index in [1.54, 1.807) is 4.52 Å². The molecule has 8 nitrogen and oxygen atoms in total. The van der Waals surface area contributed by atoms with Crippen LogP contribution < -0.4 is 0 Å². The molecule has 0 spiro atoms. The van der Waals surface area contributed by atoms with Crippen molar-refractivity contribution in [3.05, 3.63) is 47.4 Å². The number of aromatic nitrogens is 5. The molecule has 0 aromatic carbocycles. The summed E-state index contributed by atoms with van der Waals surface area (Å²) in [5.74, 6) is 1.61. The van der Waals surface area contributed by atoms with Crippen molar-refractivity contribution < 1.29 is 4.79 Å². The molecule has 5 rings (SSSR count). The predicted octanol–water partition coefficient (Wildman–Crippen LogP) is 1.43. The average Bonchev–Trinajstić information content (AvgIpc) is 3.40. The second-order valence-electron chi connectivity index (χ2n) is 8.09. The Morgan fingerprint density at radius 1 is 1.25 bits per heavy atom. The smallest absolute Gasteiger partial charge is 0.274 e. The van der Waals surface area contributed by atoms with Crippen molar-refractivity contribution in [2.75, 3.05) is 19.6 Å². The van der Waals surface area contributed by atoms with E-state index < -0.39 is 0 Å². The monoisotopic (exact) mass is 379 g/mol. The van der Waals surface area contributed by atoms with Crippen LogP contribution >= 0.6 is 0 Å². The first-order valence-electron chi connectivity index (χ1n) is 9.83. The zero-order chi connectivity index (χ0) is 19.4. The summed E-state index contributed by atoms with van der Waals surface area (Å²) in [5.41, 5.74) is 3.14. The molecule has 0 bridgehead atoms. The summed E-state index contributed by atoms with van der Waals surface area (Å²) < 4.78 is 3.82. The first-order chi connectivity index (χ1) is 13.5. The van der Waals surface area contributed by atoms with Crippen LogP contribution in [-0.2, 0) is 13.6 Å². The maximum atomic E-state index is 13.1. The lowest BCUT2D eigenvalue weighted by Gasteiger charge is -2.24. The summed E-state index contributed by atoms with van der Waals surface area (Å²) in [6.07, 6.45) is 4.95. The Balaban J connectivity index is 1.34. The van der Waals surface area contributed by atoms with Crippen LogP contribution in [0.3, 0.4) is 0 Å². The number of likely N-dealkylation sites (tertiary alicyclic amines) is 2. The Morgan fingerprint density at radius 2 is 2.11 bits per heavy atom. The van der Waals surface area contributed by atoms with Gasteiger partial charge in [-0.3, -0.25) is 9.69 Å². The molecular formula is C20H25N7O. The van der Waals surface area contributed by atoms with Gasteiger partial charge in [-0.15, -0.1) is 0 Å². The Morgan fingerprint density at radius 3 is 2.89 bits per heavy atom. The third-order valence-electron chi connectivity index (χ3n) is 6.17. The molecule has 5 heterocycles. The quantitative estimate of drug-likeness (QED) is 0.688. The van der Waals surface area contributed by atoms with Crippen molar-refractivity contribution >= 4 is 11.6 Å². The standard InChI is InChI=1S/C20H25N7O/c1-13-8-14(2)27-18(22-13)9-16(23-27)20(28)26-10-15-4-6-25(17(15)11-26)12-19-21-5-7-24(19)3/h5,7-9,15,17H,4,6,10-12H2,1-3H3/t15-,17+/m1/s1. The SMILES string of the molecule is Cc1cc(C)n2nc(C(=O)N3C[C@H]4CCN(Cc5nccn5C)[C@H]4C3)cc2n1. The van der Waals surface area contributed by atoms with Gasteiger partial charge in [0.2, 0.25) is 0 Å². The van der Waals surface area contributed by atoms with Gasteiger partial charge in [-0.2, -0.15) is 5.10 Å². The molecular weight excluding hydrogens is 354 g/mol. The van der Waals surface area contributed by atoms with Crippen LogP contribution in [-0.4, -0.2) is 65.5 Å². The Hall–Kier alpha value is -2.74. The van der Waals surface area contributed by atoms with Gasteiger partial charge in [0.15, 0.2) is 11.3 Å². The molecule has 28 heavy (non-hydrogen) atoms. The molecule has 2 atom stereocenters. The normalized spacial score (nSPS) is 22.3. The molecule has 2 aliphatic rings. The van der Waals surface area contributed by atoms with Crippen molar-refractivity contribution in [1.82, 2.24) is 33.9 Å². The minimum absolute atomic E-state index is 0.00824. The van der Waals surface area contributed by atoms with E-state index >= 15 is 0 Å². The number of hydrogen-bond acceptors (Lipinski definition) is 5. The average molecular weight is 379 g/mol. The molecule has 1 amide bonds. The highest BCUT2D eigenvalue weighted by Gasteiger charge is 2.43. The van der Waals surface area contributed by atoms with Crippen LogP contribution in [0.4, 0.5) is 0 Å². The van der Waals surface area contributed by atoms with E-state index in [1.807, 2.05) is 50.3 Å². The summed E-state index contributed by atoms with van der Waals surface area (Å²) in [6.45, 7) is 7.41. The maximum absolute atomic E-state index is 13.1. The van der Waals surface area contributed by atoms with Crippen LogP contribution in [0, 0.1) is 19.8 Å². The lowest BCUT2D eigenvalue weighted by Crippen LogP contribution is -2.37. The number of carbonyl (C=O) groups is 1. The molecule has 8 heteroatoms. The van der Waals surface area contributed by atoms with Crippen LogP contribution in [0.2, 0.25) is 0 Å². The molecule has 3 aromatic heterocycles. The van der Waals surface area contributed by atoms with Gasteiger partial charge in [0.1, 0.15) is 5.82 Å². The molecule has 2 fully saturated rings. The topological polar surface area (TPSA) is 71.6 Å². The van der Waals surface area contributed by atoms with E-state index in [-0.39, 0.29) is 5.91 Å². The predicted molar refractivity (Wildman–Crippen MR) is 104 cm³/mol. The summed E-state index contributed by atoms with van der Waals surface area (Å²) in [6, 6.07) is 4.19. The largest absolute Gasteiger partial charge is 0.337 e. The summed E-state index contributed by atoms with van der Waals surface area (Å²) in [4.78, 5) is 26.5. The van der Waals surface area contributed by atoms with E-state index in [1.165, 1.54) is 0 Å². The van der Waals surface area contributed by atoms with E-state index in [2.05, 4.69) is 24.5 Å². The second-order valence-corrected chi connectivity index (χ2v) is 8.09. The zero-order valence-electron chi connectivity index (χ0n) is 16.5. The molecule has 146 valence electrons. The Bertz CT molecular complexity index is 1050. The highest BCUT2D eigenvalue weighted by molar-refractivity contribution is 5.93. The molecule has 0 N–H and O–H groups in total. The van der Waals surface area contributed by atoms with Crippen molar-refractivity contribution in [3.8, 4) is 0 Å². The highest BCUT2D eigenvalue weighted by atomic mass is 16.2. The van der Waals surface area contributed by atoms with Crippen LogP contribution in [0.25, 0.3) is 5.65 Å². The fourth-order valence-corrected chi connectivity index (χ4v) is 4.69. The third-order valence-corrected chi connectivity index (χ3v) is 6.17. The number of nitrogens with zero attached hydrogens (tertiary/aromatic N) is 7. The van der Waals surface area contributed by atoms with E-state index in [0.29, 0.717) is 17.7 Å². The van der Waals surface area contributed by atoms with E-state index in [0.717, 1.165) is 55.5 Å². The van der Waals surface area contributed by atoms with Crippen LogP contribution in [0.15, 0.2) is 24.5 Å². The molecule has 2 saturated heterocycles. The van der Waals surface area contributed by atoms with Crippen molar-refractivity contribution in [1.29, 1.82) is 0 Å². The Kier molecular flexibility index (Phi) is 3.97. The van der Waals surface area contributed by atoms with Gasteiger partial charge in [0.05, 0.1) is 6.54 Å². The van der Waals surface area contributed by atoms with E-state index in [4.69, 9.17) is 0 Å². The maximum Gasteiger partial charge on any atom is 0.274 e. The molecule has 2 aliphatic heterocycles. The number of amides is 1. The van der Waals surface area contributed by atoms with Gasteiger partial charge >= 0.3 is 0 Å². The van der Waals surface area contributed by atoms with Crippen molar-refractivity contribution in [3.63, 3.8) is 0 Å². The summed E-state index contributed by atoms with van der Waals surface area (Å²) >= 11 is 0. The number of aryl methyl sites for hydroxylation is 3. The summed E-state index contributed by atoms with van der Waals surface area (Å²) in [5, 5.41) is 4.52. The van der Waals surface area contributed by atoms with Crippen molar-refractivity contribution in [2.45, 2.75) is 32.9 Å². The second kappa shape index (κ2) is 6.41. The highest BCUT2D eigenvalue weighted by Crippen LogP contribution is 2.33. The fraction of sp³-hybridized carbons (Fsp3) is 0.500. The van der Waals surface area contributed by atoms with Gasteiger partial charge in [0, 0.05) is 56.0 Å². The fourth-order valence-electron chi connectivity index (χ4n) is 4.69. The number of fused-ring (bicyclic) bond motifs is 2. The minimum Gasteiger partial charge on any atom is -0.337 e. The van der Waals surface area contributed by atoms with Crippen LogP contribution in [0.5, 0.6) is 0 Å². The first-order valence-corrected chi connectivity index (χ1v) is 9.83. The first kappa shape index (κ1) is 17.4. The minimum atomic E-state index is 0.00824. The lowest BCUT2D eigenvalue weighted by atomic mass is 10.1. The molecule has 0 unspecified atom stereocenters. The number of carbonyl (C=O) groups excluding carboxylic acids is 1. The number of hydrogen-bond donors (Lipinski definition) is 0.